The van der Waals surface area contributed by atoms with E-state index < -0.39 is 11.8 Å². The number of aromatic hydroxyl groups is 1. The number of carbonyl (C=O) groups excluding carboxylic acids is 1. The molecule has 1 aliphatic rings. The maximum absolute atomic E-state index is 13.3. The van der Waals surface area contributed by atoms with E-state index in [1.165, 1.54) is 11.1 Å². The van der Waals surface area contributed by atoms with Gasteiger partial charge >= 0.3 is 5.63 Å². The zero-order valence-electron chi connectivity index (χ0n) is 16.2. The third-order valence-corrected chi connectivity index (χ3v) is 5.29. The van der Waals surface area contributed by atoms with Crippen LogP contribution in [0.15, 0.2) is 73.4 Å². The minimum Gasteiger partial charge on any atom is -0.507 e. The molecule has 1 aromatic heterocycles. The molecule has 2 N–H and O–H groups in total. The summed E-state index contributed by atoms with van der Waals surface area (Å²) >= 11 is 3.41. The van der Waals surface area contributed by atoms with Crippen LogP contribution in [0.5, 0.6) is 5.75 Å². The molecule has 0 saturated carbocycles. The first-order chi connectivity index (χ1) is 14.3. The summed E-state index contributed by atoms with van der Waals surface area (Å²) in [5.41, 5.74) is 1.32. The van der Waals surface area contributed by atoms with Crippen LogP contribution in [0.25, 0.3) is 0 Å². The zero-order chi connectivity index (χ0) is 21.4. The van der Waals surface area contributed by atoms with E-state index in [1.807, 2.05) is 36.4 Å². The number of benzene rings is 2. The van der Waals surface area contributed by atoms with Crippen molar-refractivity contribution in [3.05, 3.63) is 91.9 Å². The summed E-state index contributed by atoms with van der Waals surface area (Å²) in [5, 5.41) is 19.3. The third kappa shape index (κ3) is 3.61. The van der Waals surface area contributed by atoms with Gasteiger partial charge in [-0.3, -0.25) is 4.79 Å². The van der Waals surface area contributed by atoms with Gasteiger partial charge in [-0.15, -0.1) is 0 Å². The monoisotopic (exact) mass is 467 g/mol. The average molecular weight is 468 g/mol. The molecule has 0 fully saturated rings. The Morgan fingerprint density at radius 3 is 2.57 bits per heavy atom. The van der Waals surface area contributed by atoms with Gasteiger partial charge in [-0.05, 0) is 43.7 Å². The fourth-order valence-corrected chi connectivity index (χ4v) is 3.62. The average Bonchev–Trinajstić information content (AvgIpc) is 2.70. The lowest BCUT2D eigenvalue weighted by molar-refractivity contribution is 0.0689. The number of nitrogens with one attached hydrogen (secondary N) is 1. The molecular formula is C22H18BrN3O4. The Morgan fingerprint density at radius 2 is 1.87 bits per heavy atom. The van der Waals surface area contributed by atoms with Gasteiger partial charge in [0.15, 0.2) is 6.17 Å². The van der Waals surface area contributed by atoms with Gasteiger partial charge in [0.2, 0.25) is 0 Å². The largest absolute Gasteiger partial charge is 0.507 e. The predicted molar refractivity (Wildman–Crippen MR) is 117 cm³/mol. The number of halogens is 1. The van der Waals surface area contributed by atoms with Gasteiger partial charge in [0, 0.05) is 16.2 Å². The number of fused-ring (bicyclic) bond motifs is 1. The number of rotatable bonds is 3. The van der Waals surface area contributed by atoms with Crippen molar-refractivity contribution in [2.45, 2.75) is 20.0 Å². The van der Waals surface area contributed by atoms with E-state index in [2.05, 4.69) is 26.3 Å². The molecule has 1 amide bonds. The maximum atomic E-state index is 13.3. The maximum Gasteiger partial charge on any atom is 0.348 e. The third-order valence-electron chi connectivity index (χ3n) is 4.76. The molecule has 0 radical (unpaired) electrons. The van der Waals surface area contributed by atoms with Gasteiger partial charge in [-0.2, -0.15) is 5.10 Å². The fraction of sp³-hybridized carbons (Fsp3) is 0.136. The van der Waals surface area contributed by atoms with Crippen molar-refractivity contribution in [1.82, 2.24) is 5.01 Å². The van der Waals surface area contributed by atoms with Crippen LogP contribution in [-0.2, 0) is 0 Å². The van der Waals surface area contributed by atoms with Gasteiger partial charge in [-0.25, -0.2) is 9.80 Å². The standard InChI is InChI=1S/C22H18BrN3O4/c1-12-11-18(27)19(22(29)30-12)13(2)25-26-20(14-7-9-15(23)10-8-14)24-17-6-4-3-5-16(17)21(26)28/h3-11,20,24,27H,1-2H3/b25-13+. The zero-order valence-corrected chi connectivity index (χ0v) is 17.8. The van der Waals surface area contributed by atoms with Crippen LogP contribution in [0.2, 0.25) is 0 Å². The van der Waals surface area contributed by atoms with Gasteiger partial charge in [-0.1, -0.05) is 40.2 Å². The highest BCUT2D eigenvalue weighted by molar-refractivity contribution is 9.10. The molecule has 4 rings (SSSR count). The van der Waals surface area contributed by atoms with Gasteiger partial charge in [0.1, 0.15) is 17.1 Å². The molecule has 0 bridgehead atoms. The summed E-state index contributed by atoms with van der Waals surface area (Å²) in [5.74, 6) is -0.290. The summed E-state index contributed by atoms with van der Waals surface area (Å²) < 4.78 is 5.99. The van der Waals surface area contributed by atoms with E-state index in [-0.39, 0.29) is 28.7 Å². The SMILES string of the molecule is C/C(=N\N1C(=O)c2ccccc2NC1c1ccc(Br)cc1)c1c(O)cc(C)oc1=O. The number of carbonyl (C=O) groups is 1. The van der Waals surface area contributed by atoms with Crippen LogP contribution in [0.1, 0.15) is 40.3 Å². The molecule has 2 heterocycles. The van der Waals surface area contributed by atoms with Crippen LogP contribution < -0.4 is 10.9 Å². The lowest BCUT2D eigenvalue weighted by Crippen LogP contribution is -2.40. The minimum atomic E-state index is -0.716. The second-order valence-corrected chi connectivity index (χ2v) is 7.80. The molecule has 0 aliphatic carbocycles. The Bertz CT molecular complexity index is 1220. The van der Waals surface area contributed by atoms with E-state index in [1.54, 1.807) is 26.0 Å². The van der Waals surface area contributed by atoms with Crippen molar-refractivity contribution in [1.29, 1.82) is 0 Å². The van der Waals surface area contributed by atoms with E-state index in [0.717, 1.165) is 10.0 Å². The highest BCUT2D eigenvalue weighted by Gasteiger charge is 2.33. The molecule has 0 spiro atoms. The van der Waals surface area contributed by atoms with E-state index in [4.69, 9.17) is 4.42 Å². The second kappa shape index (κ2) is 7.79. The number of hydrogen-bond acceptors (Lipinski definition) is 6. The summed E-state index contributed by atoms with van der Waals surface area (Å²) in [6.45, 7) is 3.11. The highest BCUT2D eigenvalue weighted by Crippen LogP contribution is 2.34. The molecule has 30 heavy (non-hydrogen) atoms. The molecule has 1 unspecified atom stereocenters. The van der Waals surface area contributed by atoms with Crippen LogP contribution in [0.4, 0.5) is 5.69 Å². The molecule has 8 heteroatoms. The molecule has 0 saturated heterocycles. The number of nitrogens with zero attached hydrogens (tertiary/aromatic N) is 2. The van der Waals surface area contributed by atoms with Crippen molar-refractivity contribution in [3.63, 3.8) is 0 Å². The Morgan fingerprint density at radius 1 is 1.17 bits per heavy atom. The van der Waals surface area contributed by atoms with Gasteiger partial charge < -0.3 is 14.8 Å². The molecule has 2 aromatic carbocycles. The van der Waals surface area contributed by atoms with Crippen molar-refractivity contribution >= 4 is 33.2 Å². The Kier molecular flexibility index (Phi) is 5.17. The Labute approximate surface area is 180 Å². The summed E-state index contributed by atoms with van der Waals surface area (Å²) in [4.78, 5) is 25.5. The quantitative estimate of drug-likeness (QED) is 0.556. The van der Waals surface area contributed by atoms with Crippen LogP contribution in [-0.4, -0.2) is 21.7 Å². The molecule has 152 valence electrons. The lowest BCUT2D eigenvalue weighted by atomic mass is 10.0. The number of para-hydroxylation sites is 1. The highest BCUT2D eigenvalue weighted by atomic mass is 79.9. The molecule has 1 aliphatic heterocycles. The number of amides is 1. The second-order valence-electron chi connectivity index (χ2n) is 6.88. The van der Waals surface area contributed by atoms with Crippen molar-refractivity contribution in [2.24, 2.45) is 5.10 Å². The summed E-state index contributed by atoms with van der Waals surface area (Å²) in [7, 11) is 0. The van der Waals surface area contributed by atoms with Gasteiger partial charge in [0.25, 0.3) is 5.91 Å². The van der Waals surface area contributed by atoms with Crippen LogP contribution in [0, 0.1) is 6.92 Å². The van der Waals surface area contributed by atoms with Gasteiger partial charge in [0.05, 0.1) is 11.3 Å². The number of hydrogen-bond donors (Lipinski definition) is 2. The van der Waals surface area contributed by atoms with E-state index in [9.17, 15) is 14.7 Å². The van der Waals surface area contributed by atoms with Crippen molar-refractivity contribution in [2.75, 3.05) is 5.32 Å². The normalized spacial score (nSPS) is 16.2. The van der Waals surface area contributed by atoms with Crippen LogP contribution >= 0.6 is 15.9 Å². The molecule has 3 aromatic rings. The Hall–Kier alpha value is -3.39. The van der Waals surface area contributed by atoms with E-state index in [0.29, 0.717) is 11.3 Å². The fourth-order valence-electron chi connectivity index (χ4n) is 3.36. The predicted octanol–water partition coefficient (Wildman–Crippen LogP) is 4.41. The molecular weight excluding hydrogens is 450 g/mol. The molecule has 1 atom stereocenters. The minimum absolute atomic E-state index is 0.0817. The first-order valence-electron chi connectivity index (χ1n) is 9.19. The number of hydrazone groups is 1. The van der Waals surface area contributed by atoms with E-state index >= 15 is 0 Å². The lowest BCUT2D eigenvalue weighted by Gasteiger charge is -2.35. The van der Waals surface area contributed by atoms with Crippen molar-refractivity contribution in [3.8, 4) is 5.75 Å². The first kappa shape index (κ1) is 19.9. The number of anilines is 1. The summed E-state index contributed by atoms with van der Waals surface area (Å²) in [6.07, 6.45) is -0.602. The first-order valence-corrected chi connectivity index (χ1v) is 9.98. The summed E-state index contributed by atoms with van der Waals surface area (Å²) in [6, 6.07) is 16.0. The van der Waals surface area contributed by atoms with Crippen molar-refractivity contribution < 1.29 is 14.3 Å². The topological polar surface area (TPSA) is 95.1 Å². The smallest absolute Gasteiger partial charge is 0.348 e. The van der Waals surface area contributed by atoms with Crippen LogP contribution in [0.3, 0.4) is 0 Å². The molecule has 7 nitrogen and oxygen atoms in total. The Balaban J connectivity index is 1.84. The number of aryl methyl sites for hydroxylation is 1.